The highest BCUT2D eigenvalue weighted by atomic mass is 16.1. The zero-order valence-electron chi connectivity index (χ0n) is 16.7. The molecule has 6 nitrogen and oxygen atoms in total. The fourth-order valence-corrected chi connectivity index (χ4v) is 3.86. The van der Waals surface area contributed by atoms with Crippen molar-refractivity contribution in [3.63, 3.8) is 0 Å². The smallest absolute Gasteiger partial charge is 0.225 e. The SMILES string of the molecule is CCNC(=NCC1CC(=O)Nc2ccccc21)NCCc1c[nH]c2ccccc12. The van der Waals surface area contributed by atoms with E-state index in [1.807, 2.05) is 24.3 Å². The van der Waals surface area contributed by atoms with Crippen molar-refractivity contribution in [3.05, 3.63) is 65.9 Å². The maximum Gasteiger partial charge on any atom is 0.225 e. The zero-order chi connectivity index (χ0) is 20.1. The number of guanidine groups is 1. The maximum atomic E-state index is 12.0. The summed E-state index contributed by atoms with van der Waals surface area (Å²) in [6, 6.07) is 16.3. The van der Waals surface area contributed by atoms with Gasteiger partial charge in [0.1, 0.15) is 0 Å². The van der Waals surface area contributed by atoms with Gasteiger partial charge in [-0.25, -0.2) is 0 Å². The lowest BCUT2D eigenvalue weighted by Gasteiger charge is -2.24. The molecule has 0 bridgehead atoms. The number of carbonyl (C=O) groups excluding carboxylic acids is 1. The number of para-hydroxylation sites is 2. The number of benzene rings is 2. The standard InChI is InChI=1S/C23H27N5O/c1-2-24-23(25-12-11-16-14-26-20-9-5-3-7-18(16)20)27-15-17-13-22(29)28-21-10-6-4-8-19(17)21/h3-10,14,17,26H,2,11-13,15H2,1H3,(H,28,29)(H2,24,25,27). The predicted molar refractivity (Wildman–Crippen MR) is 118 cm³/mol. The Morgan fingerprint density at radius 1 is 1.14 bits per heavy atom. The highest BCUT2D eigenvalue weighted by Crippen LogP contribution is 2.31. The number of fused-ring (bicyclic) bond motifs is 2. The monoisotopic (exact) mass is 389 g/mol. The van der Waals surface area contributed by atoms with Crippen LogP contribution in [0.1, 0.15) is 30.4 Å². The van der Waals surface area contributed by atoms with E-state index in [4.69, 9.17) is 4.99 Å². The number of nitrogens with zero attached hydrogens (tertiary/aromatic N) is 1. The Kier molecular flexibility index (Phi) is 5.79. The first-order valence-electron chi connectivity index (χ1n) is 10.2. The third-order valence-corrected chi connectivity index (χ3v) is 5.28. The lowest BCUT2D eigenvalue weighted by Crippen LogP contribution is -2.38. The Bertz CT molecular complexity index is 1020. The molecule has 29 heavy (non-hydrogen) atoms. The van der Waals surface area contributed by atoms with Crippen LogP contribution in [0, 0.1) is 0 Å². The number of aromatic amines is 1. The number of hydrogen-bond acceptors (Lipinski definition) is 2. The minimum Gasteiger partial charge on any atom is -0.361 e. The molecule has 0 saturated heterocycles. The van der Waals surface area contributed by atoms with Gasteiger partial charge in [-0.05, 0) is 36.6 Å². The van der Waals surface area contributed by atoms with Crippen LogP contribution in [-0.2, 0) is 11.2 Å². The van der Waals surface area contributed by atoms with Crippen molar-refractivity contribution < 1.29 is 4.79 Å². The first-order valence-corrected chi connectivity index (χ1v) is 10.2. The van der Waals surface area contributed by atoms with E-state index < -0.39 is 0 Å². The second-order valence-corrected chi connectivity index (χ2v) is 7.29. The third-order valence-electron chi connectivity index (χ3n) is 5.28. The number of aliphatic imine (C=N–C) groups is 1. The molecule has 0 fully saturated rings. The molecule has 4 N–H and O–H groups in total. The Balaban J connectivity index is 1.40. The van der Waals surface area contributed by atoms with E-state index in [-0.39, 0.29) is 11.8 Å². The minimum absolute atomic E-state index is 0.0567. The Labute approximate surface area is 170 Å². The average molecular weight is 390 g/mol. The summed E-state index contributed by atoms with van der Waals surface area (Å²) < 4.78 is 0. The number of aromatic nitrogens is 1. The maximum absolute atomic E-state index is 12.0. The normalized spacial score (nSPS) is 16.4. The van der Waals surface area contributed by atoms with Crippen LogP contribution < -0.4 is 16.0 Å². The van der Waals surface area contributed by atoms with Gasteiger partial charge >= 0.3 is 0 Å². The molecule has 1 atom stereocenters. The highest BCUT2D eigenvalue weighted by molar-refractivity contribution is 5.94. The summed E-state index contributed by atoms with van der Waals surface area (Å²) in [5, 5.41) is 10.9. The quantitative estimate of drug-likeness (QED) is 0.385. The molecule has 2 aromatic carbocycles. The number of hydrogen-bond donors (Lipinski definition) is 4. The van der Waals surface area contributed by atoms with Crippen LogP contribution in [0.4, 0.5) is 5.69 Å². The van der Waals surface area contributed by atoms with Crippen molar-refractivity contribution in [2.75, 3.05) is 25.0 Å². The van der Waals surface area contributed by atoms with E-state index in [9.17, 15) is 4.79 Å². The van der Waals surface area contributed by atoms with Crippen LogP contribution in [0.15, 0.2) is 59.7 Å². The molecule has 1 aliphatic rings. The Morgan fingerprint density at radius 2 is 1.97 bits per heavy atom. The van der Waals surface area contributed by atoms with Gasteiger partial charge in [0, 0.05) is 48.2 Å². The number of nitrogens with one attached hydrogen (secondary N) is 4. The van der Waals surface area contributed by atoms with Crippen molar-refractivity contribution in [1.29, 1.82) is 0 Å². The molecule has 2 heterocycles. The number of rotatable bonds is 6. The van der Waals surface area contributed by atoms with Crippen LogP contribution in [0.25, 0.3) is 10.9 Å². The highest BCUT2D eigenvalue weighted by Gasteiger charge is 2.24. The lowest BCUT2D eigenvalue weighted by molar-refractivity contribution is -0.116. The molecular formula is C23H27N5O. The Hall–Kier alpha value is -3.28. The molecular weight excluding hydrogens is 362 g/mol. The van der Waals surface area contributed by atoms with E-state index in [1.165, 1.54) is 10.9 Å². The van der Waals surface area contributed by atoms with E-state index >= 15 is 0 Å². The third kappa shape index (κ3) is 4.42. The fourth-order valence-electron chi connectivity index (χ4n) is 3.86. The summed E-state index contributed by atoms with van der Waals surface area (Å²) in [7, 11) is 0. The lowest BCUT2D eigenvalue weighted by atomic mass is 9.91. The molecule has 150 valence electrons. The van der Waals surface area contributed by atoms with Gasteiger partial charge in [-0.15, -0.1) is 0 Å². The number of anilines is 1. The Morgan fingerprint density at radius 3 is 2.86 bits per heavy atom. The molecule has 1 unspecified atom stereocenters. The second kappa shape index (κ2) is 8.82. The summed E-state index contributed by atoms with van der Waals surface area (Å²) in [6.45, 7) is 4.21. The molecule has 0 aliphatic carbocycles. The molecule has 0 radical (unpaired) electrons. The second-order valence-electron chi connectivity index (χ2n) is 7.29. The zero-order valence-corrected chi connectivity index (χ0v) is 16.7. The van der Waals surface area contributed by atoms with Gasteiger partial charge in [0.15, 0.2) is 5.96 Å². The average Bonchev–Trinajstić information content (AvgIpc) is 3.15. The fraction of sp³-hybridized carbons (Fsp3) is 0.304. The molecule has 0 spiro atoms. The number of carbonyl (C=O) groups is 1. The number of H-pyrrole nitrogens is 1. The van der Waals surface area contributed by atoms with Gasteiger partial charge in [0.2, 0.25) is 5.91 Å². The van der Waals surface area contributed by atoms with E-state index in [0.717, 1.165) is 42.2 Å². The van der Waals surface area contributed by atoms with Crippen LogP contribution in [0.2, 0.25) is 0 Å². The van der Waals surface area contributed by atoms with Crippen LogP contribution in [-0.4, -0.2) is 36.5 Å². The summed E-state index contributed by atoms with van der Waals surface area (Å²) in [4.78, 5) is 20.1. The molecule has 3 aromatic rings. The van der Waals surface area contributed by atoms with Crippen molar-refractivity contribution in [2.45, 2.75) is 25.7 Å². The van der Waals surface area contributed by atoms with Gasteiger partial charge in [-0.1, -0.05) is 36.4 Å². The van der Waals surface area contributed by atoms with Crippen molar-refractivity contribution in [2.24, 2.45) is 4.99 Å². The first-order chi connectivity index (χ1) is 14.2. The molecule has 1 aromatic heterocycles. The van der Waals surface area contributed by atoms with Crippen LogP contribution in [0.3, 0.4) is 0 Å². The molecule has 1 aliphatic heterocycles. The molecule has 6 heteroatoms. The van der Waals surface area contributed by atoms with Gasteiger partial charge in [0.25, 0.3) is 0 Å². The first kappa shape index (κ1) is 19.1. The van der Waals surface area contributed by atoms with Gasteiger partial charge in [0.05, 0.1) is 6.54 Å². The molecule has 0 saturated carbocycles. The van der Waals surface area contributed by atoms with Gasteiger partial charge in [-0.2, -0.15) is 0 Å². The van der Waals surface area contributed by atoms with Gasteiger partial charge in [-0.3, -0.25) is 9.79 Å². The van der Waals surface area contributed by atoms with Crippen LogP contribution in [0.5, 0.6) is 0 Å². The molecule has 4 rings (SSSR count). The summed E-state index contributed by atoms with van der Waals surface area (Å²) in [5.74, 6) is 0.945. The van der Waals surface area contributed by atoms with E-state index in [0.29, 0.717) is 13.0 Å². The van der Waals surface area contributed by atoms with Crippen molar-refractivity contribution in [1.82, 2.24) is 15.6 Å². The summed E-state index contributed by atoms with van der Waals surface area (Å²) >= 11 is 0. The van der Waals surface area contributed by atoms with E-state index in [2.05, 4.69) is 58.3 Å². The largest absolute Gasteiger partial charge is 0.361 e. The number of amides is 1. The molecule has 1 amide bonds. The van der Waals surface area contributed by atoms with E-state index in [1.54, 1.807) is 0 Å². The predicted octanol–water partition coefficient (Wildman–Crippen LogP) is 3.39. The van der Waals surface area contributed by atoms with Gasteiger partial charge < -0.3 is 20.9 Å². The summed E-state index contributed by atoms with van der Waals surface area (Å²) in [5.41, 5.74) is 4.52. The van der Waals surface area contributed by atoms with Crippen molar-refractivity contribution in [3.8, 4) is 0 Å². The summed E-state index contributed by atoms with van der Waals surface area (Å²) in [6.07, 6.45) is 3.45. The van der Waals surface area contributed by atoms with Crippen molar-refractivity contribution >= 4 is 28.5 Å². The minimum atomic E-state index is 0.0567. The van der Waals surface area contributed by atoms with Crippen LogP contribution >= 0.6 is 0 Å². The topological polar surface area (TPSA) is 81.3 Å².